The molecule has 0 aromatic heterocycles. The Morgan fingerprint density at radius 2 is 1.03 bits per heavy atom. The summed E-state index contributed by atoms with van der Waals surface area (Å²) in [5.74, 6) is 0.747. The van der Waals surface area contributed by atoms with Crippen LogP contribution in [0.5, 0.6) is 0 Å². The zero-order chi connectivity index (χ0) is 26.1. The lowest BCUT2D eigenvalue weighted by molar-refractivity contribution is 0.559. The number of hydrogen-bond acceptors (Lipinski definition) is 2. The Labute approximate surface area is 213 Å². The molecule has 3 aromatic rings. The van der Waals surface area contributed by atoms with Crippen molar-refractivity contribution in [2.45, 2.75) is 52.4 Å². The highest BCUT2D eigenvalue weighted by Gasteiger charge is 2.28. The zero-order valence-corrected chi connectivity index (χ0v) is 21.7. The van der Waals surface area contributed by atoms with Gasteiger partial charge in [-0.05, 0) is 34.1 Å². The van der Waals surface area contributed by atoms with E-state index >= 15 is 0 Å². The second-order valence-electron chi connectivity index (χ2n) is 11.0. The maximum absolute atomic E-state index is 7.69. The van der Waals surface area contributed by atoms with Crippen molar-refractivity contribution < 1.29 is 0 Å². The molecular weight excluding hydrogens is 440 g/mol. The first-order valence-electron chi connectivity index (χ1n) is 12.0. The van der Waals surface area contributed by atoms with Gasteiger partial charge in [0, 0.05) is 16.3 Å². The van der Waals surface area contributed by atoms with Gasteiger partial charge in [0.2, 0.25) is 0 Å². The summed E-state index contributed by atoms with van der Waals surface area (Å²) in [6.07, 6.45) is 0. The average molecular weight is 471 g/mol. The van der Waals surface area contributed by atoms with Crippen LogP contribution in [0.1, 0.15) is 63.8 Å². The van der Waals surface area contributed by atoms with E-state index in [0.717, 1.165) is 44.1 Å². The van der Waals surface area contributed by atoms with Gasteiger partial charge in [-0.1, -0.05) is 102 Å². The third kappa shape index (κ3) is 4.77. The molecule has 0 amide bonds. The summed E-state index contributed by atoms with van der Waals surface area (Å²) in [6.45, 7) is 28.1. The summed E-state index contributed by atoms with van der Waals surface area (Å²) in [5.41, 5.74) is 5.03. The van der Waals surface area contributed by atoms with Crippen molar-refractivity contribution in [3.8, 4) is 0 Å². The van der Waals surface area contributed by atoms with Gasteiger partial charge in [0.05, 0.1) is 16.6 Å². The average Bonchev–Trinajstić information content (AvgIpc) is 3.30. The minimum atomic E-state index is -0.289. The van der Waals surface area contributed by atoms with Gasteiger partial charge in [-0.3, -0.25) is 0 Å². The van der Waals surface area contributed by atoms with Crippen LogP contribution in [0, 0.1) is 13.1 Å². The zero-order valence-electron chi connectivity index (χ0n) is 21.7. The van der Waals surface area contributed by atoms with Crippen LogP contribution < -0.4 is 10.4 Å². The number of aliphatic imine (C=N–C) groups is 2. The molecule has 1 aliphatic rings. The van der Waals surface area contributed by atoms with E-state index in [2.05, 4.69) is 87.6 Å². The number of rotatable bonds is 2. The highest BCUT2D eigenvalue weighted by atomic mass is 15.0. The lowest BCUT2D eigenvalue weighted by Crippen LogP contribution is -2.35. The fraction of sp³-hybridized carbons (Fsp3) is 0.250. The summed E-state index contributed by atoms with van der Waals surface area (Å²) >= 11 is 0. The molecule has 0 aliphatic carbocycles. The van der Waals surface area contributed by atoms with Crippen LogP contribution in [0.25, 0.3) is 21.3 Å². The predicted octanol–water partition coefficient (Wildman–Crippen LogP) is 6.24. The van der Waals surface area contributed by atoms with Gasteiger partial charge < -0.3 is 0 Å². The van der Waals surface area contributed by atoms with E-state index in [4.69, 9.17) is 23.1 Å². The quantitative estimate of drug-likeness (QED) is 0.397. The Morgan fingerprint density at radius 3 is 1.36 bits per heavy atom. The van der Waals surface area contributed by atoms with Crippen molar-refractivity contribution in [3.63, 3.8) is 0 Å². The minimum absolute atomic E-state index is 0.106. The second-order valence-corrected chi connectivity index (χ2v) is 11.0. The Bertz CT molecular complexity index is 1470. The van der Waals surface area contributed by atoms with Crippen LogP contribution in [-0.4, -0.2) is 11.4 Å². The first-order valence-corrected chi connectivity index (χ1v) is 12.0. The molecule has 0 saturated heterocycles. The van der Waals surface area contributed by atoms with E-state index in [1.807, 2.05) is 36.4 Å². The van der Waals surface area contributed by atoms with E-state index in [1.54, 1.807) is 0 Å². The first-order chi connectivity index (χ1) is 17.0. The van der Waals surface area contributed by atoms with E-state index < -0.39 is 0 Å². The van der Waals surface area contributed by atoms with Crippen molar-refractivity contribution >= 4 is 23.1 Å². The van der Waals surface area contributed by atoms with Crippen molar-refractivity contribution in [2.75, 3.05) is 0 Å². The topological polar surface area (TPSA) is 33.4 Å². The van der Waals surface area contributed by atoms with Crippen molar-refractivity contribution in [2.24, 2.45) is 9.98 Å². The van der Waals surface area contributed by atoms with Crippen LogP contribution in [0.4, 0.5) is 0 Å². The number of benzene rings is 3. The molecule has 0 bridgehead atoms. The summed E-state index contributed by atoms with van der Waals surface area (Å²) in [7, 11) is 0. The molecule has 4 nitrogen and oxygen atoms in total. The van der Waals surface area contributed by atoms with Crippen LogP contribution in [0.3, 0.4) is 0 Å². The van der Waals surface area contributed by atoms with Gasteiger partial charge in [0.15, 0.2) is 5.82 Å². The fourth-order valence-corrected chi connectivity index (χ4v) is 4.40. The standard InChI is InChI=1S/C32H30N4/c1-31(2,3)24-19-23(20-25(32(4,5)6)26(24)30(33-7)34-8)29-35-27(21-15-11-9-12-16-21)28(36-29)22-17-13-10-14-18-22/h9-20H,1-6H3. The Hall–Kier alpha value is -4.28. The van der Waals surface area contributed by atoms with E-state index in [9.17, 15) is 0 Å². The molecular formula is C32H30N4. The molecule has 1 heterocycles. The third-order valence-corrected chi connectivity index (χ3v) is 6.20. The fourth-order valence-electron chi connectivity index (χ4n) is 4.40. The molecule has 0 atom stereocenters. The molecule has 1 aliphatic heterocycles. The molecule has 4 heteroatoms. The molecule has 0 fully saturated rings. The largest absolute Gasteiger partial charge is 0.527 e. The molecule has 0 N–H and O–H groups in total. The first kappa shape index (κ1) is 24.8. The van der Waals surface area contributed by atoms with Crippen LogP contribution in [-0.2, 0) is 10.8 Å². The van der Waals surface area contributed by atoms with E-state index in [-0.39, 0.29) is 16.7 Å². The van der Waals surface area contributed by atoms with Crippen molar-refractivity contribution in [3.05, 3.63) is 128 Å². The molecule has 178 valence electrons. The highest BCUT2D eigenvalue weighted by molar-refractivity contribution is 6.55. The lowest BCUT2D eigenvalue weighted by Gasteiger charge is -2.26. The van der Waals surface area contributed by atoms with Crippen molar-refractivity contribution in [1.29, 1.82) is 0 Å². The predicted molar refractivity (Wildman–Crippen MR) is 149 cm³/mol. The molecule has 0 unspecified atom stereocenters. The molecule has 0 saturated carbocycles. The Kier molecular flexibility index (Phi) is 6.49. The number of nitrogens with zero attached hydrogens (tertiary/aromatic N) is 4. The Balaban J connectivity index is 2.16. The van der Waals surface area contributed by atoms with Crippen molar-refractivity contribution in [1.82, 2.24) is 0 Å². The third-order valence-electron chi connectivity index (χ3n) is 6.20. The summed E-state index contributed by atoms with van der Waals surface area (Å²) in [5, 5.41) is 1.63. The normalized spacial score (nSPS) is 13.5. The number of hydrogen-bond donors (Lipinski definition) is 0. The van der Waals surface area contributed by atoms with Crippen LogP contribution in [0.15, 0.2) is 82.8 Å². The molecule has 36 heavy (non-hydrogen) atoms. The Morgan fingerprint density at radius 1 is 0.639 bits per heavy atom. The maximum Gasteiger partial charge on any atom is 0.527 e. The van der Waals surface area contributed by atoms with Gasteiger partial charge in [0.25, 0.3) is 0 Å². The lowest BCUT2D eigenvalue weighted by atomic mass is 9.78. The van der Waals surface area contributed by atoms with Crippen LogP contribution >= 0.6 is 0 Å². The van der Waals surface area contributed by atoms with Gasteiger partial charge in [0.1, 0.15) is 13.1 Å². The molecule has 0 spiro atoms. The second kappa shape index (κ2) is 9.40. The smallest absolute Gasteiger partial charge is 0.226 e. The van der Waals surface area contributed by atoms with Gasteiger partial charge in [-0.2, -0.15) is 9.69 Å². The molecule has 4 rings (SSSR count). The maximum atomic E-state index is 7.69. The summed E-state index contributed by atoms with van der Waals surface area (Å²) in [6, 6.07) is 24.4. The van der Waals surface area contributed by atoms with Crippen LogP contribution in [0.2, 0.25) is 0 Å². The van der Waals surface area contributed by atoms with Gasteiger partial charge in [-0.15, -0.1) is 0 Å². The molecule has 3 aromatic carbocycles. The van der Waals surface area contributed by atoms with E-state index in [1.165, 1.54) is 0 Å². The summed E-state index contributed by atoms with van der Waals surface area (Å²) < 4.78 is 0. The SMILES string of the molecule is [C-]#[N+]C([N+]#[C-])=c1c(C(C)(C)C)cc(=C2N=C(c3ccccc3)C(c3ccccc3)=N2)cc1C(C)(C)C. The van der Waals surface area contributed by atoms with E-state index in [0.29, 0.717) is 5.82 Å². The monoisotopic (exact) mass is 470 g/mol. The minimum Gasteiger partial charge on any atom is -0.226 e. The van der Waals surface area contributed by atoms with Gasteiger partial charge in [-0.25, -0.2) is 9.98 Å². The summed E-state index contributed by atoms with van der Waals surface area (Å²) in [4.78, 5) is 17.3. The van der Waals surface area contributed by atoms with Gasteiger partial charge >= 0.3 is 5.82 Å². The highest BCUT2D eigenvalue weighted by Crippen LogP contribution is 2.26. The molecule has 0 radical (unpaired) electrons.